The second-order valence-corrected chi connectivity index (χ2v) is 7.16. The topological polar surface area (TPSA) is 146 Å². The van der Waals surface area contributed by atoms with Crippen LogP contribution in [0.2, 0.25) is 0 Å². The molecule has 0 aromatic rings. The molecule has 0 spiro atoms. The Morgan fingerprint density at radius 2 is 1.14 bits per heavy atom. The van der Waals surface area contributed by atoms with Crippen molar-refractivity contribution < 1.29 is 13.2 Å². The summed E-state index contributed by atoms with van der Waals surface area (Å²) in [5.41, 5.74) is 23.6. The average molecular weight is 323 g/mol. The molecule has 13 heteroatoms. The number of hydrogen-bond acceptors (Lipinski definition) is 3. The van der Waals surface area contributed by atoms with Crippen molar-refractivity contribution in [2.45, 2.75) is 4.22 Å². The normalized spacial score (nSPS) is 16.2. The van der Waals surface area contributed by atoms with Gasteiger partial charge in [0.25, 0.3) is 0 Å². The van der Waals surface area contributed by atoms with E-state index in [1.165, 1.54) is 0 Å². The van der Waals surface area contributed by atoms with E-state index in [0.29, 0.717) is 0 Å². The molecular weight excluding hydrogens is 323 g/mol. The van der Waals surface area contributed by atoms with Crippen LogP contribution < -0.4 is 0 Å². The van der Waals surface area contributed by atoms with E-state index < -0.39 is 23.2 Å². The first kappa shape index (κ1) is 12.5. The molecule has 0 fully saturated rings. The summed E-state index contributed by atoms with van der Waals surface area (Å²) in [5.74, 6) is 0. The molecule has 76 valence electrons. The zero-order chi connectivity index (χ0) is 11.2. The van der Waals surface area contributed by atoms with Gasteiger partial charge in [0.2, 0.25) is 0 Å². The number of nitrogens with zero attached hydrogens (tertiary/aromatic N) is 9. The molecule has 0 aliphatic heterocycles. The Morgan fingerprint density at radius 3 is 1.29 bits per heavy atom. The molecule has 0 aromatic heterocycles. The quantitative estimate of drug-likeness (QED) is 0.325. The van der Waals surface area contributed by atoms with Crippen molar-refractivity contribution in [3.05, 3.63) is 31.3 Å². The second kappa shape index (κ2) is 4.66. The van der Waals surface area contributed by atoms with Gasteiger partial charge in [0.1, 0.15) is 0 Å². The van der Waals surface area contributed by atoms with E-state index in [-0.39, 0.29) is 0 Å². The Balaban J connectivity index is 5.73. The zero-order valence-electron chi connectivity index (χ0n) is 6.07. The monoisotopic (exact) mass is 325 g/mol. The van der Waals surface area contributed by atoms with Crippen LogP contribution in [-0.4, -0.2) is 23.2 Å². The van der Waals surface area contributed by atoms with Gasteiger partial charge in [0.15, 0.2) is 0 Å². The van der Waals surface area contributed by atoms with Crippen LogP contribution in [0, 0.1) is 0 Å². The van der Waals surface area contributed by atoms with Crippen molar-refractivity contribution in [2.75, 3.05) is 0 Å². The number of alkyl halides is 3. The Kier molecular flexibility index (Phi) is 4.17. The maximum atomic E-state index is 12.2. The van der Waals surface area contributed by atoms with E-state index in [9.17, 15) is 13.2 Å². The van der Waals surface area contributed by atoms with Crippen LogP contribution in [0.1, 0.15) is 0 Å². The Hall–Kier alpha value is -1.49. The van der Waals surface area contributed by atoms with E-state index in [1.54, 1.807) is 0 Å². The fourth-order valence-corrected chi connectivity index (χ4v) is 2.28. The summed E-state index contributed by atoms with van der Waals surface area (Å²) in [4.78, 5) is 5.61. The Morgan fingerprint density at radius 1 is 0.857 bits per heavy atom. The van der Waals surface area contributed by atoms with Gasteiger partial charge in [0, 0.05) is 0 Å². The summed E-state index contributed by atoms with van der Waals surface area (Å²) in [6, 6.07) is 0. The van der Waals surface area contributed by atoms with Crippen LogP contribution in [0.15, 0.2) is 10.1 Å². The Bertz CT molecular complexity index is 305. The molecule has 0 amide bonds. The first-order valence-corrected chi connectivity index (χ1v) is 6.81. The van der Waals surface area contributed by atoms with E-state index in [4.69, 9.17) is 16.6 Å². The number of halogens is 3. The van der Waals surface area contributed by atoms with E-state index in [1.807, 2.05) is 14.7 Å². The van der Waals surface area contributed by atoms with E-state index in [2.05, 4.69) is 10.1 Å². The predicted octanol–water partition coefficient (Wildman–Crippen LogP) is 2.96. The van der Waals surface area contributed by atoms with Crippen molar-refractivity contribution in [1.82, 2.24) is 0 Å². The third-order valence-corrected chi connectivity index (χ3v) is 5.11. The number of hydrogen-bond donors (Lipinski definition) is 0. The summed E-state index contributed by atoms with van der Waals surface area (Å²) in [6.45, 7) is 0. The van der Waals surface area contributed by atoms with Crippen LogP contribution in [0.5, 0.6) is 0 Å². The standard InChI is InChI=1S/CF3N9Te/c2-1(3,4)14(11-8-5,12-9-6)13-10-7. The third kappa shape index (κ3) is 2.50. The molecule has 0 radical (unpaired) electrons. The van der Waals surface area contributed by atoms with Crippen molar-refractivity contribution in [3.63, 3.8) is 0 Å². The molecule has 9 nitrogen and oxygen atoms in total. The van der Waals surface area contributed by atoms with Crippen LogP contribution in [0.25, 0.3) is 31.3 Å². The van der Waals surface area contributed by atoms with Crippen molar-refractivity contribution >= 4 is 19.0 Å². The van der Waals surface area contributed by atoms with Gasteiger partial charge in [-0.3, -0.25) is 0 Å². The zero-order valence-corrected chi connectivity index (χ0v) is 8.40. The molecule has 0 aliphatic carbocycles. The van der Waals surface area contributed by atoms with E-state index in [0.717, 1.165) is 0 Å². The molecule has 0 unspecified atom stereocenters. The van der Waals surface area contributed by atoms with Gasteiger partial charge in [-0.05, 0) is 0 Å². The van der Waals surface area contributed by atoms with Gasteiger partial charge in [-0.1, -0.05) is 0 Å². The second-order valence-electron chi connectivity index (χ2n) is 1.48. The molecule has 0 bridgehead atoms. The summed E-state index contributed by atoms with van der Waals surface area (Å²) in [5, 5.41) is 0. The first-order valence-electron chi connectivity index (χ1n) is 2.52. The van der Waals surface area contributed by atoms with Gasteiger partial charge in [-0.2, -0.15) is 0 Å². The molecule has 0 atom stereocenters. The van der Waals surface area contributed by atoms with Gasteiger partial charge in [-0.15, -0.1) is 0 Å². The fraction of sp³-hybridized carbons (Fsp3) is 1.00. The fourth-order valence-electron chi connectivity index (χ4n) is 0.341. The number of azide groups is 1. The molecule has 0 saturated heterocycles. The number of rotatable bonds is 3. The Labute approximate surface area is 78.2 Å². The van der Waals surface area contributed by atoms with Gasteiger partial charge in [-0.25, -0.2) is 0 Å². The molecule has 0 N–H and O–H groups in total. The molecule has 0 rings (SSSR count). The minimum atomic E-state index is -5.96. The molecule has 0 aliphatic rings. The SMILES string of the molecule is [N-]=[N+]=N[Te](N=[N+]=[N-])(N=[N+]=[N-])C(F)(F)F. The summed E-state index contributed by atoms with van der Waals surface area (Å²) >= 11 is -5.96. The summed E-state index contributed by atoms with van der Waals surface area (Å²) < 4.78 is 38.5. The average Bonchev–Trinajstić information content (AvgIpc) is 2.03. The van der Waals surface area contributed by atoms with Crippen molar-refractivity contribution in [1.29, 1.82) is 0 Å². The van der Waals surface area contributed by atoms with Crippen molar-refractivity contribution in [3.8, 4) is 0 Å². The van der Waals surface area contributed by atoms with Crippen LogP contribution in [0.4, 0.5) is 13.2 Å². The van der Waals surface area contributed by atoms with Crippen molar-refractivity contribution in [2.24, 2.45) is 10.1 Å². The van der Waals surface area contributed by atoms with Crippen LogP contribution in [0.3, 0.4) is 0 Å². The van der Waals surface area contributed by atoms with E-state index >= 15 is 0 Å². The summed E-state index contributed by atoms with van der Waals surface area (Å²) in [6.07, 6.45) is 0. The predicted molar refractivity (Wildman–Crippen MR) is 39.2 cm³/mol. The van der Waals surface area contributed by atoms with Crippen LogP contribution in [-0.2, 0) is 0 Å². The molecule has 0 aromatic carbocycles. The summed E-state index contributed by atoms with van der Waals surface area (Å²) in [7, 11) is 0. The van der Waals surface area contributed by atoms with Gasteiger partial charge >= 0.3 is 77.8 Å². The molecule has 0 heterocycles. The third-order valence-electron chi connectivity index (χ3n) is 0.762. The first-order chi connectivity index (χ1) is 6.43. The molecule has 0 saturated carbocycles. The molecular formula is CF3N9Te. The van der Waals surface area contributed by atoms with Gasteiger partial charge in [0.05, 0.1) is 0 Å². The molecule has 14 heavy (non-hydrogen) atoms. The van der Waals surface area contributed by atoms with Crippen LogP contribution >= 0.6 is 0 Å². The van der Waals surface area contributed by atoms with Gasteiger partial charge < -0.3 is 0 Å². The maximum absolute atomic E-state index is 12.2. The minimum absolute atomic E-state index is 1.87.